The van der Waals surface area contributed by atoms with Gasteiger partial charge in [-0.25, -0.2) is 13.3 Å². The van der Waals surface area contributed by atoms with Crippen LogP contribution in [0.4, 0.5) is 8.78 Å². The van der Waals surface area contributed by atoms with Crippen LogP contribution in [0, 0.1) is 18.6 Å². The monoisotopic (exact) mass is 273 g/mol. The second-order valence-corrected chi connectivity index (χ2v) is 4.70. The van der Waals surface area contributed by atoms with Crippen LogP contribution in [0.15, 0.2) is 42.7 Å². The van der Waals surface area contributed by atoms with Gasteiger partial charge in [-0.2, -0.15) is 5.10 Å². The maximum absolute atomic E-state index is 14.2. The van der Waals surface area contributed by atoms with E-state index in [2.05, 4.69) is 5.10 Å². The highest BCUT2D eigenvalue weighted by molar-refractivity contribution is 5.57. The quantitative estimate of drug-likeness (QED) is 0.780. The predicted molar refractivity (Wildman–Crippen MR) is 72.3 cm³/mol. The zero-order chi connectivity index (χ0) is 14.3. The number of aromatic nitrogens is 2. The second-order valence-electron chi connectivity index (χ2n) is 4.70. The first-order valence-electron chi connectivity index (χ1n) is 6.22. The number of pyridine rings is 1. The Morgan fingerprint density at radius 3 is 2.80 bits per heavy atom. The average Bonchev–Trinajstić information content (AvgIpc) is 2.87. The smallest absolute Gasteiger partial charge is 0.134 e. The fourth-order valence-electron chi connectivity index (χ4n) is 2.31. The normalized spacial score (nSPS) is 12.8. The summed E-state index contributed by atoms with van der Waals surface area (Å²) < 4.78 is 29.7. The van der Waals surface area contributed by atoms with Crippen molar-refractivity contribution < 1.29 is 8.78 Å². The summed E-state index contributed by atoms with van der Waals surface area (Å²) in [5.41, 5.74) is 7.64. The Labute approximate surface area is 114 Å². The van der Waals surface area contributed by atoms with Gasteiger partial charge in [-0.05, 0) is 30.7 Å². The third-order valence-corrected chi connectivity index (χ3v) is 3.42. The molecular formula is C15H13F2N3. The highest BCUT2D eigenvalue weighted by Crippen LogP contribution is 2.28. The minimum absolute atomic E-state index is 0.122. The van der Waals surface area contributed by atoms with Gasteiger partial charge in [0.15, 0.2) is 0 Å². The van der Waals surface area contributed by atoms with E-state index in [4.69, 9.17) is 5.73 Å². The molecule has 2 aromatic heterocycles. The molecule has 102 valence electrons. The van der Waals surface area contributed by atoms with Crippen LogP contribution in [0.25, 0.3) is 5.52 Å². The lowest BCUT2D eigenvalue weighted by atomic mass is 9.98. The van der Waals surface area contributed by atoms with E-state index in [1.54, 1.807) is 23.8 Å². The summed E-state index contributed by atoms with van der Waals surface area (Å²) in [5, 5.41) is 4.14. The molecular weight excluding hydrogens is 260 g/mol. The molecule has 5 heteroatoms. The van der Waals surface area contributed by atoms with Crippen LogP contribution in [0.3, 0.4) is 0 Å². The summed E-state index contributed by atoms with van der Waals surface area (Å²) in [6.07, 6.45) is 3.30. The Morgan fingerprint density at radius 1 is 1.20 bits per heavy atom. The molecule has 1 aromatic carbocycles. The number of hydrogen-bond acceptors (Lipinski definition) is 2. The molecule has 1 unspecified atom stereocenters. The van der Waals surface area contributed by atoms with Crippen molar-refractivity contribution in [1.82, 2.24) is 9.61 Å². The first-order valence-corrected chi connectivity index (χ1v) is 6.22. The molecule has 0 spiro atoms. The molecule has 0 saturated carbocycles. The molecule has 0 fully saturated rings. The van der Waals surface area contributed by atoms with Gasteiger partial charge in [0.1, 0.15) is 11.6 Å². The minimum Gasteiger partial charge on any atom is -0.320 e. The van der Waals surface area contributed by atoms with E-state index in [0.29, 0.717) is 11.1 Å². The Bertz CT molecular complexity index is 780. The van der Waals surface area contributed by atoms with E-state index < -0.39 is 17.7 Å². The van der Waals surface area contributed by atoms with E-state index in [1.807, 2.05) is 18.2 Å². The lowest BCUT2D eigenvalue weighted by Gasteiger charge is -2.14. The van der Waals surface area contributed by atoms with E-state index in [0.717, 1.165) is 5.52 Å². The largest absolute Gasteiger partial charge is 0.320 e. The summed E-state index contributed by atoms with van der Waals surface area (Å²) in [4.78, 5) is 0. The van der Waals surface area contributed by atoms with Crippen molar-refractivity contribution in [3.8, 4) is 0 Å². The van der Waals surface area contributed by atoms with Gasteiger partial charge in [0.2, 0.25) is 0 Å². The van der Waals surface area contributed by atoms with Crippen molar-refractivity contribution in [3.05, 3.63) is 71.1 Å². The van der Waals surface area contributed by atoms with Gasteiger partial charge >= 0.3 is 0 Å². The highest BCUT2D eigenvalue weighted by atomic mass is 19.1. The van der Waals surface area contributed by atoms with Crippen molar-refractivity contribution in [2.24, 2.45) is 5.73 Å². The molecule has 3 nitrogen and oxygen atoms in total. The Balaban J connectivity index is 2.18. The molecule has 0 aliphatic heterocycles. The Kier molecular flexibility index (Phi) is 2.99. The molecule has 1 atom stereocenters. The molecule has 0 bridgehead atoms. The molecule has 2 N–H and O–H groups in total. The summed E-state index contributed by atoms with van der Waals surface area (Å²) in [5.74, 6) is -1.25. The van der Waals surface area contributed by atoms with Crippen LogP contribution < -0.4 is 5.73 Å². The number of hydrogen-bond donors (Lipinski definition) is 1. The van der Waals surface area contributed by atoms with E-state index in [9.17, 15) is 8.78 Å². The maximum Gasteiger partial charge on any atom is 0.134 e. The molecule has 3 rings (SSSR count). The molecule has 20 heavy (non-hydrogen) atoms. The van der Waals surface area contributed by atoms with E-state index in [-0.39, 0.29) is 5.56 Å². The summed E-state index contributed by atoms with van der Waals surface area (Å²) in [6.45, 7) is 1.58. The Hall–Kier alpha value is -2.27. The van der Waals surface area contributed by atoms with Crippen LogP contribution in [-0.4, -0.2) is 9.61 Å². The van der Waals surface area contributed by atoms with Crippen molar-refractivity contribution in [3.63, 3.8) is 0 Å². The van der Waals surface area contributed by atoms with E-state index in [1.165, 1.54) is 12.1 Å². The standard InChI is InChI=1S/C15H13F2N3/c1-9-5-6-11(16)13(14(9)17)15(18)10-8-19-20-7-3-2-4-12(10)20/h2-8,15H,18H2,1H3. The van der Waals surface area contributed by atoms with Gasteiger partial charge < -0.3 is 5.73 Å². The van der Waals surface area contributed by atoms with Gasteiger partial charge in [-0.1, -0.05) is 12.1 Å². The van der Waals surface area contributed by atoms with Crippen LogP contribution in [-0.2, 0) is 0 Å². The van der Waals surface area contributed by atoms with Gasteiger partial charge in [0.25, 0.3) is 0 Å². The van der Waals surface area contributed by atoms with Crippen molar-refractivity contribution in [1.29, 1.82) is 0 Å². The average molecular weight is 273 g/mol. The lowest BCUT2D eigenvalue weighted by molar-refractivity contribution is 0.538. The molecule has 0 radical (unpaired) electrons. The topological polar surface area (TPSA) is 43.3 Å². The zero-order valence-corrected chi connectivity index (χ0v) is 10.8. The number of nitrogens with two attached hydrogens (primary N) is 1. The molecule has 2 heterocycles. The van der Waals surface area contributed by atoms with Gasteiger partial charge in [-0.3, -0.25) is 0 Å². The van der Waals surface area contributed by atoms with Gasteiger partial charge in [-0.15, -0.1) is 0 Å². The van der Waals surface area contributed by atoms with Crippen molar-refractivity contribution in [2.75, 3.05) is 0 Å². The third-order valence-electron chi connectivity index (χ3n) is 3.42. The number of fused-ring (bicyclic) bond motifs is 1. The highest BCUT2D eigenvalue weighted by Gasteiger charge is 2.22. The second kappa shape index (κ2) is 4.68. The maximum atomic E-state index is 14.2. The predicted octanol–water partition coefficient (Wildman–Crippen LogP) is 2.97. The zero-order valence-electron chi connectivity index (χ0n) is 10.8. The van der Waals surface area contributed by atoms with Crippen LogP contribution in [0.2, 0.25) is 0 Å². The number of halogens is 2. The molecule has 0 amide bonds. The number of aryl methyl sites for hydroxylation is 1. The third kappa shape index (κ3) is 1.87. The lowest BCUT2D eigenvalue weighted by Crippen LogP contribution is -2.16. The fraction of sp³-hybridized carbons (Fsp3) is 0.133. The summed E-state index contributed by atoms with van der Waals surface area (Å²) >= 11 is 0. The van der Waals surface area contributed by atoms with Gasteiger partial charge in [0, 0.05) is 17.3 Å². The molecule has 0 saturated heterocycles. The molecule has 3 aromatic rings. The number of nitrogens with zero attached hydrogens (tertiary/aromatic N) is 2. The van der Waals surface area contributed by atoms with Crippen LogP contribution in [0.1, 0.15) is 22.7 Å². The van der Waals surface area contributed by atoms with Gasteiger partial charge in [0.05, 0.1) is 17.8 Å². The summed E-state index contributed by atoms with van der Waals surface area (Å²) in [6, 6.07) is 7.21. The SMILES string of the molecule is Cc1ccc(F)c(C(N)c2cnn3ccccc23)c1F. The van der Waals surface area contributed by atoms with Crippen LogP contribution >= 0.6 is 0 Å². The number of rotatable bonds is 2. The first-order chi connectivity index (χ1) is 9.59. The van der Waals surface area contributed by atoms with E-state index >= 15 is 0 Å². The van der Waals surface area contributed by atoms with Crippen molar-refractivity contribution >= 4 is 5.52 Å². The van der Waals surface area contributed by atoms with Crippen LogP contribution in [0.5, 0.6) is 0 Å². The van der Waals surface area contributed by atoms with Crippen molar-refractivity contribution in [2.45, 2.75) is 13.0 Å². The first kappa shape index (κ1) is 12.7. The number of benzene rings is 1. The Morgan fingerprint density at radius 2 is 2.00 bits per heavy atom. The minimum atomic E-state index is -0.894. The fourth-order valence-corrected chi connectivity index (χ4v) is 2.31. The molecule has 0 aliphatic carbocycles. The molecule has 0 aliphatic rings. The summed E-state index contributed by atoms with van der Waals surface area (Å²) in [7, 11) is 0.